The average molecular weight is 449 g/mol. The van der Waals surface area contributed by atoms with Gasteiger partial charge >= 0.3 is 5.97 Å². The van der Waals surface area contributed by atoms with Crippen molar-refractivity contribution in [3.63, 3.8) is 0 Å². The molecule has 3 aromatic rings. The minimum atomic E-state index is -0.596. The van der Waals surface area contributed by atoms with Crippen molar-refractivity contribution < 1.29 is 14.3 Å². The van der Waals surface area contributed by atoms with Gasteiger partial charge in [-0.05, 0) is 49.6 Å². The maximum absolute atomic E-state index is 13.5. The number of thiazole rings is 1. The molecule has 0 N–H and O–H groups in total. The van der Waals surface area contributed by atoms with Gasteiger partial charge in [0.2, 0.25) is 0 Å². The van der Waals surface area contributed by atoms with E-state index >= 15 is 0 Å². The molecule has 2 aromatic carbocycles. The lowest BCUT2D eigenvalue weighted by Crippen LogP contribution is -2.39. The van der Waals surface area contributed by atoms with Gasteiger partial charge in [0.15, 0.2) is 4.80 Å². The van der Waals surface area contributed by atoms with Gasteiger partial charge in [-0.15, -0.1) is 0 Å². The Labute approximate surface area is 189 Å². The van der Waals surface area contributed by atoms with Crippen LogP contribution in [0.2, 0.25) is 0 Å². The first-order valence-electron chi connectivity index (χ1n) is 10.3. The number of allylic oxidation sites excluding steroid dienone is 1. The predicted molar refractivity (Wildman–Crippen MR) is 125 cm³/mol. The largest absolute Gasteiger partial charge is 0.496 e. The lowest BCUT2D eigenvalue weighted by atomic mass is 9.96. The third kappa shape index (κ3) is 3.91. The molecule has 4 rings (SSSR count). The number of carbonyl (C=O) groups is 1. The van der Waals surface area contributed by atoms with E-state index in [2.05, 4.69) is 4.99 Å². The van der Waals surface area contributed by atoms with Gasteiger partial charge in [-0.2, -0.15) is 0 Å². The second kappa shape index (κ2) is 8.96. The van der Waals surface area contributed by atoms with Crippen LogP contribution in [0.25, 0.3) is 6.08 Å². The van der Waals surface area contributed by atoms with E-state index in [0.29, 0.717) is 20.6 Å². The number of ether oxygens (including phenoxy) is 2. The van der Waals surface area contributed by atoms with Crippen LogP contribution in [0, 0.1) is 6.92 Å². The Balaban J connectivity index is 1.93. The lowest BCUT2D eigenvalue weighted by Gasteiger charge is -2.24. The SMILES string of the molecule is CCOC(=O)C1=C(C)N=c2s/c(=C/c3ccc(C)c(OC)c3)c(=O)n2[C@@H]1c1ccccc1. The number of hydrogen-bond acceptors (Lipinski definition) is 6. The molecule has 164 valence electrons. The summed E-state index contributed by atoms with van der Waals surface area (Å²) in [4.78, 5) is 31.5. The molecule has 1 aromatic heterocycles. The normalized spacial score (nSPS) is 15.9. The van der Waals surface area contributed by atoms with Crippen LogP contribution in [-0.2, 0) is 9.53 Å². The Bertz CT molecular complexity index is 1380. The van der Waals surface area contributed by atoms with Gasteiger partial charge in [-0.3, -0.25) is 9.36 Å². The smallest absolute Gasteiger partial charge is 0.338 e. The predicted octanol–water partition coefficient (Wildman–Crippen LogP) is 3.12. The molecule has 0 spiro atoms. The monoisotopic (exact) mass is 448 g/mol. The minimum absolute atomic E-state index is 0.198. The maximum atomic E-state index is 13.5. The second-order valence-electron chi connectivity index (χ2n) is 7.44. The Morgan fingerprint density at radius 1 is 1.19 bits per heavy atom. The number of hydrogen-bond donors (Lipinski definition) is 0. The van der Waals surface area contributed by atoms with Gasteiger partial charge in [0.1, 0.15) is 5.75 Å². The highest BCUT2D eigenvalue weighted by atomic mass is 32.1. The number of aryl methyl sites for hydroxylation is 1. The molecule has 0 fully saturated rings. The summed E-state index contributed by atoms with van der Waals surface area (Å²) in [5, 5.41) is 0. The van der Waals surface area contributed by atoms with Crippen LogP contribution in [0.1, 0.15) is 36.6 Å². The number of aromatic nitrogens is 1. The third-order valence-corrected chi connectivity index (χ3v) is 6.35. The molecule has 0 aliphatic carbocycles. The van der Waals surface area contributed by atoms with Crippen LogP contribution in [-0.4, -0.2) is 24.3 Å². The van der Waals surface area contributed by atoms with Crippen LogP contribution in [0.5, 0.6) is 5.75 Å². The molecule has 32 heavy (non-hydrogen) atoms. The molecule has 1 aliphatic rings. The summed E-state index contributed by atoms with van der Waals surface area (Å²) in [6.45, 7) is 5.76. The number of nitrogens with zero attached hydrogens (tertiary/aromatic N) is 2. The Kier molecular flexibility index (Phi) is 6.10. The van der Waals surface area contributed by atoms with Gasteiger partial charge in [0, 0.05) is 0 Å². The summed E-state index contributed by atoms with van der Waals surface area (Å²) in [6, 6.07) is 14.7. The zero-order valence-electron chi connectivity index (χ0n) is 18.4. The molecule has 0 unspecified atom stereocenters. The highest BCUT2D eigenvalue weighted by Gasteiger charge is 2.33. The average Bonchev–Trinajstić information content (AvgIpc) is 3.09. The summed E-state index contributed by atoms with van der Waals surface area (Å²) in [5.41, 5.74) is 3.45. The minimum Gasteiger partial charge on any atom is -0.496 e. The van der Waals surface area contributed by atoms with Crippen molar-refractivity contribution in [1.29, 1.82) is 0 Å². The van der Waals surface area contributed by atoms with Crippen LogP contribution in [0.3, 0.4) is 0 Å². The molecular formula is C25H24N2O4S. The van der Waals surface area contributed by atoms with Crippen molar-refractivity contribution in [2.75, 3.05) is 13.7 Å². The number of carbonyl (C=O) groups excluding carboxylic acids is 1. The van der Waals surface area contributed by atoms with E-state index in [1.165, 1.54) is 11.3 Å². The topological polar surface area (TPSA) is 69.9 Å². The zero-order chi connectivity index (χ0) is 22.8. The summed E-state index contributed by atoms with van der Waals surface area (Å²) in [7, 11) is 1.62. The number of fused-ring (bicyclic) bond motifs is 1. The van der Waals surface area contributed by atoms with E-state index in [4.69, 9.17) is 9.47 Å². The van der Waals surface area contributed by atoms with Crippen molar-refractivity contribution in [1.82, 2.24) is 4.57 Å². The van der Waals surface area contributed by atoms with E-state index in [0.717, 1.165) is 22.4 Å². The molecule has 1 aliphatic heterocycles. The summed E-state index contributed by atoms with van der Waals surface area (Å²) < 4.78 is 12.8. The highest BCUT2D eigenvalue weighted by molar-refractivity contribution is 7.07. The molecule has 6 nitrogen and oxygen atoms in total. The standard InChI is InChI=1S/C25H24N2O4S/c1-5-31-24(29)21-16(3)26-25-27(22(21)18-9-7-6-8-10-18)23(28)20(32-25)14-17-12-11-15(2)19(13-17)30-4/h6-14,22H,5H2,1-4H3/b20-14+/t22-/m1/s1. The van der Waals surface area contributed by atoms with Crippen molar-refractivity contribution in [2.24, 2.45) is 4.99 Å². The van der Waals surface area contributed by atoms with Gasteiger partial charge in [-0.1, -0.05) is 53.8 Å². The second-order valence-corrected chi connectivity index (χ2v) is 8.45. The summed E-state index contributed by atoms with van der Waals surface area (Å²) in [5.74, 6) is 0.300. The van der Waals surface area contributed by atoms with E-state index in [-0.39, 0.29) is 12.2 Å². The van der Waals surface area contributed by atoms with Crippen LogP contribution >= 0.6 is 11.3 Å². The van der Waals surface area contributed by atoms with Gasteiger partial charge in [-0.25, -0.2) is 9.79 Å². The fourth-order valence-electron chi connectivity index (χ4n) is 3.82. The summed E-state index contributed by atoms with van der Waals surface area (Å²) in [6.07, 6.45) is 1.83. The Morgan fingerprint density at radius 3 is 2.62 bits per heavy atom. The first-order valence-corrected chi connectivity index (χ1v) is 11.2. The van der Waals surface area contributed by atoms with Gasteiger partial charge in [0.05, 0.1) is 35.6 Å². The molecule has 7 heteroatoms. The molecule has 2 heterocycles. The maximum Gasteiger partial charge on any atom is 0.338 e. The summed E-state index contributed by atoms with van der Waals surface area (Å²) >= 11 is 1.30. The van der Waals surface area contributed by atoms with Crippen LogP contribution in [0.4, 0.5) is 0 Å². The van der Waals surface area contributed by atoms with Crippen molar-refractivity contribution >= 4 is 23.4 Å². The van der Waals surface area contributed by atoms with Crippen molar-refractivity contribution in [3.05, 3.63) is 96.2 Å². The fraction of sp³-hybridized carbons (Fsp3) is 0.240. The number of esters is 1. The quantitative estimate of drug-likeness (QED) is 0.563. The zero-order valence-corrected chi connectivity index (χ0v) is 19.2. The first-order chi connectivity index (χ1) is 15.4. The fourth-order valence-corrected chi connectivity index (χ4v) is 4.87. The van der Waals surface area contributed by atoms with Crippen molar-refractivity contribution in [2.45, 2.75) is 26.8 Å². The molecule has 0 saturated carbocycles. The number of methoxy groups -OCH3 is 1. The van der Waals surface area contributed by atoms with Gasteiger partial charge < -0.3 is 9.47 Å². The molecule has 0 amide bonds. The van der Waals surface area contributed by atoms with E-state index < -0.39 is 12.0 Å². The molecular weight excluding hydrogens is 424 g/mol. The van der Waals surface area contributed by atoms with Gasteiger partial charge in [0.25, 0.3) is 5.56 Å². The van der Waals surface area contributed by atoms with E-state index in [1.807, 2.05) is 61.5 Å². The number of rotatable bonds is 5. The molecule has 0 radical (unpaired) electrons. The lowest BCUT2D eigenvalue weighted by molar-refractivity contribution is -0.139. The number of benzene rings is 2. The Hall–Kier alpha value is -3.45. The van der Waals surface area contributed by atoms with Crippen LogP contribution < -0.4 is 19.6 Å². The van der Waals surface area contributed by atoms with Crippen molar-refractivity contribution in [3.8, 4) is 5.75 Å². The highest BCUT2D eigenvalue weighted by Crippen LogP contribution is 2.30. The third-order valence-electron chi connectivity index (χ3n) is 5.36. The first kappa shape index (κ1) is 21.8. The Morgan fingerprint density at radius 2 is 1.94 bits per heavy atom. The van der Waals surface area contributed by atoms with E-state index in [9.17, 15) is 9.59 Å². The molecule has 0 bridgehead atoms. The molecule has 1 atom stereocenters. The van der Waals surface area contributed by atoms with Crippen LogP contribution in [0.15, 0.2) is 69.6 Å². The molecule has 0 saturated heterocycles. The van der Waals surface area contributed by atoms with E-state index in [1.54, 1.807) is 25.5 Å².